The van der Waals surface area contributed by atoms with Gasteiger partial charge in [0, 0.05) is 24.8 Å². The highest BCUT2D eigenvalue weighted by Crippen LogP contribution is 2.31. The molecule has 1 fully saturated rings. The van der Waals surface area contributed by atoms with Crippen molar-refractivity contribution in [1.82, 2.24) is 19.9 Å². The molecule has 0 bridgehead atoms. The average molecular weight is 382 g/mol. The van der Waals surface area contributed by atoms with Crippen molar-refractivity contribution in [3.8, 4) is 11.5 Å². The summed E-state index contributed by atoms with van der Waals surface area (Å²) < 4.78 is 10.5. The number of carbonyl (C=O) groups excluding carboxylic acids is 1. The number of carbonyl (C=O) groups is 1. The van der Waals surface area contributed by atoms with Gasteiger partial charge < -0.3 is 24.7 Å². The van der Waals surface area contributed by atoms with Crippen LogP contribution < -0.4 is 19.7 Å². The molecule has 9 nitrogen and oxygen atoms in total. The highest BCUT2D eigenvalue weighted by Gasteiger charge is 2.28. The van der Waals surface area contributed by atoms with E-state index in [1.54, 1.807) is 38.7 Å². The minimum absolute atomic E-state index is 0.0215. The summed E-state index contributed by atoms with van der Waals surface area (Å²) in [5.41, 5.74) is 2.10. The number of hydrogen-bond acceptors (Lipinski definition) is 7. The van der Waals surface area contributed by atoms with Crippen LogP contribution in [0, 0.1) is 5.92 Å². The molecule has 0 unspecified atom stereocenters. The Morgan fingerprint density at radius 1 is 1.21 bits per heavy atom. The maximum Gasteiger partial charge on any atom is 0.229 e. The number of aromatic nitrogens is 4. The molecule has 3 heterocycles. The van der Waals surface area contributed by atoms with Gasteiger partial charge in [0.2, 0.25) is 5.91 Å². The molecule has 4 rings (SSSR count). The number of benzene rings is 1. The molecule has 146 valence electrons. The molecule has 28 heavy (non-hydrogen) atoms. The summed E-state index contributed by atoms with van der Waals surface area (Å²) in [6.07, 6.45) is 4.84. The average Bonchev–Trinajstić information content (AvgIpc) is 3.22. The molecule has 0 saturated carbocycles. The molecule has 1 aliphatic rings. The quantitative estimate of drug-likeness (QED) is 0.697. The van der Waals surface area contributed by atoms with Crippen LogP contribution in [0.5, 0.6) is 11.5 Å². The van der Waals surface area contributed by atoms with Gasteiger partial charge in [-0.3, -0.25) is 4.79 Å². The molecule has 1 aromatic carbocycles. The first-order valence-electron chi connectivity index (χ1n) is 9.11. The van der Waals surface area contributed by atoms with E-state index in [0.717, 1.165) is 30.7 Å². The van der Waals surface area contributed by atoms with Crippen molar-refractivity contribution in [3.05, 3.63) is 30.9 Å². The second-order valence-corrected chi connectivity index (χ2v) is 6.64. The first kappa shape index (κ1) is 18.0. The molecule has 0 aliphatic carbocycles. The third-order valence-electron chi connectivity index (χ3n) is 4.95. The van der Waals surface area contributed by atoms with Gasteiger partial charge >= 0.3 is 0 Å². The van der Waals surface area contributed by atoms with Gasteiger partial charge in [0.15, 0.2) is 23.0 Å². The van der Waals surface area contributed by atoms with Gasteiger partial charge in [-0.1, -0.05) is 0 Å². The van der Waals surface area contributed by atoms with Gasteiger partial charge in [0.05, 0.1) is 26.5 Å². The summed E-state index contributed by atoms with van der Waals surface area (Å²) in [5.74, 6) is 1.82. The summed E-state index contributed by atoms with van der Waals surface area (Å²) in [7, 11) is 3.15. The first-order chi connectivity index (χ1) is 13.7. The lowest BCUT2D eigenvalue weighted by Crippen LogP contribution is -2.41. The maximum atomic E-state index is 12.8. The second-order valence-electron chi connectivity index (χ2n) is 6.64. The Balaban J connectivity index is 1.49. The number of methoxy groups -OCH3 is 2. The van der Waals surface area contributed by atoms with E-state index in [0.29, 0.717) is 29.4 Å². The van der Waals surface area contributed by atoms with E-state index in [4.69, 9.17) is 9.47 Å². The largest absolute Gasteiger partial charge is 0.493 e. The summed E-state index contributed by atoms with van der Waals surface area (Å²) in [6.45, 7) is 1.43. The normalized spacial score (nSPS) is 16.8. The number of nitrogens with one attached hydrogen (secondary N) is 2. The van der Waals surface area contributed by atoms with E-state index in [2.05, 4.69) is 30.2 Å². The SMILES string of the molecule is COc1ccc(NC(=O)[C@@H]2CCCN(c3ncnc4nc[nH]c34)C2)cc1OC. The number of piperidine rings is 1. The number of hydrogen-bond donors (Lipinski definition) is 2. The fraction of sp³-hybridized carbons (Fsp3) is 0.368. The number of rotatable bonds is 5. The van der Waals surface area contributed by atoms with Crippen molar-refractivity contribution >= 4 is 28.6 Å². The van der Waals surface area contributed by atoms with Crippen LogP contribution >= 0.6 is 0 Å². The molecule has 0 spiro atoms. The van der Waals surface area contributed by atoms with Gasteiger partial charge in [0.25, 0.3) is 0 Å². The Labute approximate surface area is 162 Å². The zero-order valence-corrected chi connectivity index (χ0v) is 15.8. The molecule has 3 aromatic rings. The van der Waals surface area contributed by atoms with E-state index in [-0.39, 0.29) is 11.8 Å². The number of H-pyrrole nitrogens is 1. The van der Waals surface area contributed by atoms with Gasteiger partial charge in [-0.05, 0) is 25.0 Å². The Morgan fingerprint density at radius 2 is 2.07 bits per heavy atom. The summed E-state index contributed by atoms with van der Waals surface area (Å²) in [6, 6.07) is 5.34. The topological polar surface area (TPSA) is 105 Å². The molecule has 1 atom stereocenters. The van der Waals surface area contributed by atoms with Crippen LogP contribution in [0.2, 0.25) is 0 Å². The van der Waals surface area contributed by atoms with Crippen molar-refractivity contribution in [3.63, 3.8) is 0 Å². The molecule has 2 N–H and O–H groups in total. The van der Waals surface area contributed by atoms with Crippen molar-refractivity contribution in [2.75, 3.05) is 37.5 Å². The van der Waals surface area contributed by atoms with Crippen molar-refractivity contribution in [2.24, 2.45) is 5.92 Å². The third-order valence-corrected chi connectivity index (χ3v) is 4.95. The Bertz CT molecular complexity index is 989. The number of imidazole rings is 1. The van der Waals surface area contributed by atoms with Crippen LogP contribution in [0.3, 0.4) is 0 Å². The van der Waals surface area contributed by atoms with Crippen LogP contribution in [0.1, 0.15) is 12.8 Å². The minimum Gasteiger partial charge on any atom is -0.493 e. The van der Waals surface area contributed by atoms with Crippen LogP contribution in [0.25, 0.3) is 11.2 Å². The van der Waals surface area contributed by atoms with Crippen molar-refractivity contribution in [2.45, 2.75) is 12.8 Å². The molecule has 1 aliphatic heterocycles. The van der Waals surface area contributed by atoms with Crippen LogP contribution in [-0.4, -0.2) is 53.2 Å². The molecule has 0 radical (unpaired) electrons. The van der Waals surface area contributed by atoms with Gasteiger partial charge in [-0.25, -0.2) is 15.0 Å². The van der Waals surface area contributed by atoms with E-state index < -0.39 is 0 Å². The Kier molecular flexibility index (Phi) is 4.96. The monoisotopic (exact) mass is 382 g/mol. The lowest BCUT2D eigenvalue weighted by molar-refractivity contribution is -0.120. The fourth-order valence-corrected chi connectivity index (χ4v) is 3.53. The molecule has 9 heteroatoms. The van der Waals surface area contributed by atoms with Crippen LogP contribution in [0.15, 0.2) is 30.9 Å². The standard InChI is InChI=1S/C19H22N6O3/c1-27-14-6-5-13(8-15(14)28-2)24-19(26)12-4-3-7-25(9-12)18-16-17(21-10-20-16)22-11-23-18/h5-6,8,10-12H,3-4,7,9H2,1-2H3,(H,24,26)(H,20,21,22,23)/t12-/m1/s1. The predicted molar refractivity (Wildman–Crippen MR) is 105 cm³/mol. The molecule has 1 saturated heterocycles. The zero-order valence-electron chi connectivity index (χ0n) is 15.8. The number of fused-ring (bicyclic) bond motifs is 1. The number of nitrogens with zero attached hydrogens (tertiary/aromatic N) is 4. The lowest BCUT2D eigenvalue weighted by atomic mass is 9.97. The number of aromatic amines is 1. The summed E-state index contributed by atoms with van der Waals surface area (Å²) >= 11 is 0. The fourth-order valence-electron chi connectivity index (χ4n) is 3.53. The molecular formula is C19H22N6O3. The molecule has 2 aromatic heterocycles. The zero-order chi connectivity index (χ0) is 19.5. The Morgan fingerprint density at radius 3 is 2.89 bits per heavy atom. The molecular weight excluding hydrogens is 360 g/mol. The highest BCUT2D eigenvalue weighted by atomic mass is 16.5. The number of amides is 1. The van der Waals surface area contributed by atoms with Gasteiger partial charge in [-0.15, -0.1) is 0 Å². The van der Waals surface area contributed by atoms with E-state index in [1.165, 1.54) is 6.33 Å². The minimum atomic E-state index is -0.144. The van der Waals surface area contributed by atoms with Crippen molar-refractivity contribution in [1.29, 1.82) is 0 Å². The van der Waals surface area contributed by atoms with E-state index in [9.17, 15) is 4.79 Å². The van der Waals surface area contributed by atoms with Gasteiger partial charge in [0.1, 0.15) is 11.8 Å². The molecule has 1 amide bonds. The lowest BCUT2D eigenvalue weighted by Gasteiger charge is -2.32. The van der Waals surface area contributed by atoms with Crippen LogP contribution in [-0.2, 0) is 4.79 Å². The maximum absolute atomic E-state index is 12.8. The van der Waals surface area contributed by atoms with E-state index in [1.807, 2.05) is 0 Å². The van der Waals surface area contributed by atoms with Crippen molar-refractivity contribution < 1.29 is 14.3 Å². The highest BCUT2D eigenvalue weighted by molar-refractivity contribution is 5.93. The van der Waals surface area contributed by atoms with E-state index >= 15 is 0 Å². The second kappa shape index (κ2) is 7.71. The summed E-state index contributed by atoms with van der Waals surface area (Å²) in [4.78, 5) is 30.8. The van der Waals surface area contributed by atoms with Gasteiger partial charge in [-0.2, -0.15) is 0 Å². The Hall–Kier alpha value is -3.36. The number of ether oxygens (including phenoxy) is 2. The predicted octanol–water partition coefficient (Wildman–Crippen LogP) is 2.23. The number of anilines is 2. The van der Waals surface area contributed by atoms with Crippen LogP contribution in [0.4, 0.5) is 11.5 Å². The summed E-state index contributed by atoms with van der Waals surface area (Å²) in [5, 5.41) is 2.99. The first-order valence-corrected chi connectivity index (χ1v) is 9.11. The smallest absolute Gasteiger partial charge is 0.229 e. The third kappa shape index (κ3) is 3.42.